The third kappa shape index (κ3) is 2.34. The van der Waals surface area contributed by atoms with Crippen molar-refractivity contribution in [2.24, 2.45) is 17.8 Å². The molecule has 1 aromatic carbocycles. The molecular weight excluding hydrogens is 342 g/mol. The molecule has 4 saturated carbocycles. The Morgan fingerprint density at radius 2 is 1.56 bits per heavy atom. The van der Waals surface area contributed by atoms with Crippen LogP contribution in [0.2, 0.25) is 0 Å². The van der Waals surface area contributed by atoms with Crippen LogP contribution in [0.25, 0.3) is 0 Å². The molecule has 0 N–H and O–H groups in total. The predicted octanol–water partition coefficient (Wildman–Crippen LogP) is 2.82. The van der Waals surface area contributed by atoms with Crippen molar-refractivity contribution in [3.05, 3.63) is 35.4 Å². The smallest absolute Gasteiger partial charge is 0.263 e. The van der Waals surface area contributed by atoms with E-state index in [0.29, 0.717) is 28.9 Å². The number of hydrogen-bond acceptors (Lipinski definition) is 4. The molecule has 0 radical (unpaired) electrons. The molecule has 1 aliphatic heterocycles. The van der Waals surface area contributed by atoms with Crippen molar-refractivity contribution >= 4 is 17.8 Å². The maximum Gasteiger partial charge on any atom is 0.335 e. The number of hydrogen-bond donors (Lipinski definition) is 0. The van der Waals surface area contributed by atoms with Gasteiger partial charge in [-0.15, -0.1) is 0 Å². The summed E-state index contributed by atoms with van der Waals surface area (Å²) < 4.78 is 0. The summed E-state index contributed by atoms with van der Waals surface area (Å²) >= 11 is 0. The van der Waals surface area contributed by atoms with E-state index in [9.17, 15) is 19.6 Å². The Kier molecular flexibility index (Phi) is 3.45. The summed E-state index contributed by atoms with van der Waals surface area (Å²) in [5, 5.41) is 9.27. The van der Waals surface area contributed by atoms with Crippen LogP contribution in [0.5, 0.6) is 0 Å². The van der Waals surface area contributed by atoms with Crippen LogP contribution in [0.4, 0.5) is 4.79 Å². The molecular formula is C21H21N3O3. The molecule has 1 aromatic rings. The molecule has 27 heavy (non-hydrogen) atoms. The summed E-state index contributed by atoms with van der Waals surface area (Å²) in [5.41, 5.74) is 0.530. The number of carbonyl (C=O) groups is 3. The lowest BCUT2D eigenvalue weighted by Gasteiger charge is -2.58. The Labute approximate surface area is 157 Å². The highest BCUT2D eigenvalue weighted by molar-refractivity contribution is 6.44. The minimum atomic E-state index is -0.761. The van der Waals surface area contributed by atoms with Gasteiger partial charge in [0.2, 0.25) is 0 Å². The van der Waals surface area contributed by atoms with Crippen LogP contribution in [0.1, 0.15) is 49.7 Å². The first-order valence-corrected chi connectivity index (χ1v) is 9.69. The molecule has 5 fully saturated rings. The molecule has 0 aromatic heterocycles. The van der Waals surface area contributed by atoms with Gasteiger partial charge in [0.05, 0.1) is 23.7 Å². The topological polar surface area (TPSA) is 81.5 Å². The molecule has 0 atom stereocenters. The van der Waals surface area contributed by atoms with E-state index in [0.717, 1.165) is 24.2 Å². The lowest BCUT2D eigenvalue weighted by atomic mass is 9.52. The summed E-state index contributed by atoms with van der Waals surface area (Å²) in [6, 6.07) is 8.46. The number of amides is 4. The maximum absolute atomic E-state index is 13.2. The van der Waals surface area contributed by atoms with E-state index in [1.165, 1.54) is 24.2 Å². The first-order valence-electron chi connectivity index (χ1n) is 9.69. The van der Waals surface area contributed by atoms with Gasteiger partial charge in [-0.25, -0.2) is 9.69 Å². The lowest BCUT2D eigenvalue weighted by molar-refractivity contribution is -0.150. The SMILES string of the molecule is N#Cc1ccccc1CN1C(=O)C(=O)N(C23CC4CC(CC(C4)C2)C3)C1=O. The van der Waals surface area contributed by atoms with Gasteiger partial charge in [0.15, 0.2) is 0 Å². The van der Waals surface area contributed by atoms with Gasteiger partial charge in [-0.2, -0.15) is 5.26 Å². The van der Waals surface area contributed by atoms with E-state index < -0.39 is 23.4 Å². The Hall–Kier alpha value is -2.68. The average Bonchev–Trinajstić information content (AvgIpc) is 2.85. The second-order valence-corrected chi connectivity index (χ2v) is 8.73. The van der Waals surface area contributed by atoms with Crippen LogP contribution >= 0.6 is 0 Å². The number of rotatable bonds is 3. The van der Waals surface area contributed by atoms with Crippen LogP contribution in [-0.4, -0.2) is 33.2 Å². The van der Waals surface area contributed by atoms with Crippen LogP contribution < -0.4 is 0 Å². The number of urea groups is 1. The number of imide groups is 2. The van der Waals surface area contributed by atoms with Crippen molar-refractivity contribution in [1.29, 1.82) is 5.26 Å². The fourth-order valence-electron chi connectivity index (χ4n) is 6.34. The zero-order valence-electron chi connectivity index (χ0n) is 15.1. The number of nitrogens with zero attached hydrogens (tertiary/aromatic N) is 3. The Bertz CT molecular complexity index is 865. The predicted molar refractivity (Wildman–Crippen MR) is 94.9 cm³/mol. The molecule has 4 aliphatic carbocycles. The van der Waals surface area contributed by atoms with Crippen LogP contribution in [0.15, 0.2) is 24.3 Å². The quantitative estimate of drug-likeness (QED) is 0.611. The zero-order valence-corrected chi connectivity index (χ0v) is 15.1. The van der Waals surface area contributed by atoms with Gasteiger partial charge in [0.1, 0.15) is 0 Å². The normalized spacial score (nSPS) is 34.5. The first-order chi connectivity index (χ1) is 13.0. The van der Waals surface area contributed by atoms with Gasteiger partial charge < -0.3 is 0 Å². The van der Waals surface area contributed by atoms with Crippen molar-refractivity contribution < 1.29 is 14.4 Å². The molecule has 6 nitrogen and oxygen atoms in total. The standard InChI is InChI=1S/C21H21N3O3/c22-11-16-3-1-2-4-17(16)12-23-18(25)19(26)24(20(23)27)21-8-13-5-14(9-21)7-15(6-13)10-21/h1-4,13-15H,5-10,12H2. The Morgan fingerprint density at radius 1 is 0.963 bits per heavy atom. The third-order valence-electron chi connectivity index (χ3n) is 7.00. The molecule has 138 valence electrons. The van der Waals surface area contributed by atoms with Crippen LogP contribution in [-0.2, 0) is 16.1 Å². The highest BCUT2D eigenvalue weighted by Gasteiger charge is 2.60. The summed E-state index contributed by atoms with van der Waals surface area (Å²) in [6.07, 6.45) is 6.11. The van der Waals surface area contributed by atoms with E-state index >= 15 is 0 Å². The molecule has 0 unspecified atom stereocenters. The summed E-state index contributed by atoms with van der Waals surface area (Å²) in [7, 11) is 0. The van der Waals surface area contributed by atoms with Gasteiger partial charge in [-0.1, -0.05) is 18.2 Å². The highest BCUT2D eigenvalue weighted by Crippen LogP contribution is 2.58. The fraction of sp³-hybridized carbons (Fsp3) is 0.524. The van der Waals surface area contributed by atoms with Gasteiger partial charge in [0.25, 0.3) is 0 Å². The molecule has 6 rings (SSSR count). The molecule has 1 saturated heterocycles. The van der Waals surface area contributed by atoms with E-state index in [2.05, 4.69) is 6.07 Å². The molecule has 0 spiro atoms. The van der Waals surface area contributed by atoms with Crippen LogP contribution in [0.3, 0.4) is 0 Å². The summed E-state index contributed by atoms with van der Waals surface area (Å²) in [6.45, 7) is -0.0317. The zero-order chi connectivity index (χ0) is 18.8. The van der Waals surface area contributed by atoms with Crippen molar-refractivity contribution in [1.82, 2.24) is 9.80 Å². The highest BCUT2D eigenvalue weighted by atomic mass is 16.2. The van der Waals surface area contributed by atoms with E-state index in [1.54, 1.807) is 24.3 Å². The monoisotopic (exact) mass is 363 g/mol. The van der Waals surface area contributed by atoms with Crippen molar-refractivity contribution in [3.63, 3.8) is 0 Å². The van der Waals surface area contributed by atoms with E-state index in [-0.39, 0.29) is 6.54 Å². The number of carbonyl (C=O) groups excluding carboxylic acids is 3. The molecule has 6 heteroatoms. The van der Waals surface area contributed by atoms with Gasteiger partial charge in [0, 0.05) is 0 Å². The summed E-state index contributed by atoms with van der Waals surface area (Å²) in [4.78, 5) is 41.0. The van der Waals surface area contributed by atoms with Gasteiger partial charge in [-0.05, 0) is 67.9 Å². The molecule has 1 heterocycles. The fourth-order valence-corrected chi connectivity index (χ4v) is 6.34. The maximum atomic E-state index is 13.2. The minimum absolute atomic E-state index is 0.0317. The van der Waals surface area contributed by atoms with Crippen molar-refractivity contribution in [3.8, 4) is 6.07 Å². The van der Waals surface area contributed by atoms with Crippen molar-refractivity contribution in [2.75, 3.05) is 0 Å². The van der Waals surface area contributed by atoms with Gasteiger partial charge in [-0.3, -0.25) is 14.5 Å². The Morgan fingerprint density at radius 3 is 2.15 bits per heavy atom. The first kappa shape index (κ1) is 16.5. The minimum Gasteiger partial charge on any atom is -0.263 e. The van der Waals surface area contributed by atoms with E-state index in [1.807, 2.05) is 0 Å². The van der Waals surface area contributed by atoms with E-state index in [4.69, 9.17) is 0 Å². The van der Waals surface area contributed by atoms with Gasteiger partial charge >= 0.3 is 17.8 Å². The number of nitriles is 1. The molecule has 4 bridgehead atoms. The second kappa shape index (κ2) is 5.66. The summed E-state index contributed by atoms with van der Waals surface area (Å²) in [5.74, 6) is 0.265. The van der Waals surface area contributed by atoms with Crippen LogP contribution in [0, 0.1) is 29.1 Å². The largest absolute Gasteiger partial charge is 0.335 e. The number of benzene rings is 1. The average molecular weight is 363 g/mol. The third-order valence-corrected chi connectivity index (χ3v) is 7.00. The second-order valence-electron chi connectivity index (χ2n) is 8.73. The molecule has 4 amide bonds. The van der Waals surface area contributed by atoms with Crippen molar-refractivity contribution in [2.45, 2.75) is 50.6 Å². The lowest BCUT2D eigenvalue weighted by Crippen LogP contribution is -2.61. The molecule has 5 aliphatic rings. The Balaban J connectivity index is 1.46.